The van der Waals surface area contributed by atoms with Crippen LogP contribution < -0.4 is 10.1 Å². The van der Waals surface area contributed by atoms with Crippen LogP contribution in [0.15, 0.2) is 60.8 Å². The summed E-state index contributed by atoms with van der Waals surface area (Å²) in [5, 5.41) is 4.04. The lowest BCUT2D eigenvalue weighted by Gasteiger charge is -2.18. The molecule has 2 heterocycles. The number of para-hydroxylation sites is 1. The highest BCUT2D eigenvalue weighted by molar-refractivity contribution is 5.81. The number of pyridine rings is 1. The monoisotopic (exact) mass is 419 g/mol. The maximum atomic E-state index is 12.0. The van der Waals surface area contributed by atoms with Gasteiger partial charge in [-0.1, -0.05) is 36.4 Å². The number of nitrogens with zero attached hydrogens (tertiary/aromatic N) is 2. The first kappa shape index (κ1) is 21.3. The molecule has 1 aliphatic heterocycles. The smallest absolute Gasteiger partial charge is 0.249 e. The van der Waals surface area contributed by atoms with E-state index >= 15 is 0 Å². The second-order valence-electron chi connectivity index (χ2n) is 7.95. The third kappa shape index (κ3) is 5.81. The maximum Gasteiger partial charge on any atom is 0.249 e. The number of benzene rings is 2. The number of carbonyl (C=O) groups excluding carboxylic acids is 1. The molecule has 1 fully saturated rings. The van der Waals surface area contributed by atoms with Crippen molar-refractivity contribution in [1.82, 2.24) is 15.2 Å². The minimum Gasteiger partial charge on any atom is -0.492 e. The van der Waals surface area contributed by atoms with E-state index in [1.165, 1.54) is 11.1 Å². The van der Waals surface area contributed by atoms with E-state index in [1.807, 2.05) is 24.4 Å². The summed E-state index contributed by atoms with van der Waals surface area (Å²) in [6.45, 7) is 3.19. The molecule has 31 heavy (non-hydrogen) atoms. The number of ether oxygens (including phenoxy) is 2. The number of fused-ring (bicyclic) bond motifs is 1. The van der Waals surface area contributed by atoms with Gasteiger partial charge in [0.2, 0.25) is 5.91 Å². The molecule has 3 aromatic rings. The molecule has 4 rings (SSSR count). The van der Waals surface area contributed by atoms with Crippen LogP contribution in [0.25, 0.3) is 10.9 Å². The minimum absolute atomic E-state index is 0.0422. The first-order chi connectivity index (χ1) is 15.2. The highest BCUT2D eigenvalue weighted by atomic mass is 16.5. The van der Waals surface area contributed by atoms with E-state index in [4.69, 9.17) is 9.47 Å². The van der Waals surface area contributed by atoms with E-state index in [1.54, 1.807) is 0 Å². The lowest BCUT2D eigenvalue weighted by Crippen LogP contribution is -2.36. The van der Waals surface area contributed by atoms with Crippen LogP contribution in [0.3, 0.4) is 0 Å². The van der Waals surface area contributed by atoms with Crippen molar-refractivity contribution in [3.05, 3.63) is 71.9 Å². The topological polar surface area (TPSA) is 63.7 Å². The lowest BCUT2D eigenvalue weighted by molar-refractivity contribution is -0.130. The zero-order valence-electron chi connectivity index (χ0n) is 17.9. The first-order valence-electron chi connectivity index (χ1n) is 10.8. The van der Waals surface area contributed by atoms with Gasteiger partial charge in [-0.3, -0.25) is 14.7 Å². The predicted octanol–water partition coefficient (Wildman–Crippen LogP) is 3.54. The van der Waals surface area contributed by atoms with Crippen molar-refractivity contribution in [2.24, 2.45) is 0 Å². The van der Waals surface area contributed by atoms with Gasteiger partial charge in [0.15, 0.2) is 0 Å². The summed E-state index contributed by atoms with van der Waals surface area (Å²) < 4.78 is 11.2. The Morgan fingerprint density at radius 1 is 1.19 bits per heavy atom. The third-order valence-electron chi connectivity index (χ3n) is 5.40. The second-order valence-corrected chi connectivity index (χ2v) is 7.95. The molecule has 0 saturated carbocycles. The van der Waals surface area contributed by atoms with Gasteiger partial charge < -0.3 is 14.8 Å². The molecule has 162 valence electrons. The van der Waals surface area contributed by atoms with Crippen LogP contribution in [-0.4, -0.2) is 48.7 Å². The summed E-state index contributed by atoms with van der Waals surface area (Å²) in [6.07, 6.45) is 3.30. The second kappa shape index (κ2) is 10.4. The number of hydrogen-bond donors (Lipinski definition) is 1. The van der Waals surface area contributed by atoms with Gasteiger partial charge in [0.1, 0.15) is 18.5 Å². The van der Waals surface area contributed by atoms with Gasteiger partial charge in [0.25, 0.3) is 0 Å². The zero-order chi connectivity index (χ0) is 21.5. The molecule has 1 N–H and O–H groups in total. The normalized spacial score (nSPS) is 16.0. The van der Waals surface area contributed by atoms with Gasteiger partial charge in [-0.2, -0.15) is 0 Å². The largest absolute Gasteiger partial charge is 0.492 e. The van der Waals surface area contributed by atoms with Crippen LogP contribution in [0, 0.1) is 0 Å². The Morgan fingerprint density at radius 3 is 2.94 bits per heavy atom. The average molecular weight is 420 g/mol. The summed E-state index contributed by atoms with van der Waals surface area (Å²) in [5.41, 5.74) is 3.45. The van der Waals surface area contributed by atoms with E-state index < -0.39 is 0 Å². The molecule has 0 aliphatic carbocycles. The molecule has 6 heteroatoms. The average Bonchev–Trinajstić information content (AvgIpc) is 3.32. The van der Waals surface area contributed by atoms with Crippen LogP contribution in [0.1, 0.15) is 24.0 Å². The summed E-state index contributed by atoms with van der Waals surface area (Å²) >= 11 is 0. The fourth-order valence-corrected chi connectivity index (χ4v) is 3.93. The van der Waals surface area contributed by atoms with Crippen molar-refractivity contribution in [3.8, 4) is 5.75 Å². The third-order valence-corrected chi connectivity index (χ3v) is 5.40. The van der Waals surface area contributed by atoms with Gasteiger partial charge in [-0.25, -0.2) is 0 Å². The van der Waals surface area contributed by atoms with Crippen molar-refractivity contribution in [2.45, 2.75) is 32.0 Å². The molecule has 1 amide bonds. The fourth-order valence-electron chi connectivity index (χ4n) is 3.93. The van der Waals surface area contributed by atoms with Crippen LogP contribution >= 0.6 is 0 Å². The Morgan fingerprint density at radius 2 is 2.06 bits per heavy atom. The quantitative estimate of drug-likeness (QED) is 0.538. The molecule has 1 atom stereocenters. The number of hydrogen-bond acceptors (Lipinski definition) is 5. The number of rotatable bonds is 9. The molecule has 1 unspecified atom stereocenters. The van der Waals surface area contributed by atoms with E-state index in [0.717, 1.165) is 42.6 Å². The molecule has 1 saturated heterocycles. The Balaban J connectivity index is 1.27. The molecule has 1 aromatic heterocycles. The van der Waals surface area contributed by atoms with Crippen LogP contribution in [-0.2, 0) is 22.6 Å². The van der Waals surface area contributed by atoms with Crippen LogP contribution in [0.2, 0.25) is 0 Å². The Hall–Kier alpha value is -2.96. The number of amides is 1. The van der Waals surface area contributed by atoms with E-state index in [9.17, 15) is 4.79 Å². The van der Waals surface area contributed by atoms with Crippen molar-refractivity contribution >= 4 is 16.8 Å². The van der Waals surface area contributed by atoms with Gasteiger partial charge in [0.05, 0.1) is 12.1 Å². The highest BCUT2D eigenvalue weighted by Gasteiger charge is 2.22. The summed E-state index contributed by atoms with van der Waals surface area (Å²) in [6, 6.07) is 18.5. The summed E-state index contributed by atoms with van der Waals surface area (Å²) in [7, 11) is 2.11. The fraction of sp³-hybridized carbons (Fsp3) is 0.360. The van der Waals surface area contributed by atoms with Gasteiger partial charge in [-0.05, 0) is 49.2 Å². The Labute approximate surface area is 183 Å². The minimum atomic E-state index is -0.296. The maximum absolute atomic E-state index is 12.0. The van der Waals surface area contributed by atoms with E-state index in [-0.39, 0.29) is 12.0 Å². The Kier molecular flexibility index (Phi) is 7.12. The van der Waals surface area contributed by atoms with Crippen molar-refractivity contribution in [1.29, 1.82) is 0 Å². The first-order valence-corrected chi connectivity index (χ1v) is 10.8. The van der Waals surface area contributed by atoms with Crippen LogP contribution in [0.4, 0.5) is 0 Å². The molecule has 2 aromatic carbocycles. The SMILES string of the molecule is CN(Cc1cccc(OCCNC(=O)C2CCCO2)c1)Cc1cccc2cccnc12. The zero-order valence-corrected chi connectivity index (χ0v) is 17.9. The van der Waals surface area contributed by atoms with Gasteiger partial charge >= 0.3 is 0 Å². The van der Waals surface area contributed by atoms with Gasteiger partial charge in [0, 0.05) is 31.3 Å². The Bertz CT molecular complexity index is 1010. The number of carbonyl (C=O) groups is 1. The van der Waals surface area contributed by atoms with Gasteiger partial charge in [-0.15, -0.1) is 0 Å². The van der Waals surface area contributed by atoms with Crippen molar-refractivity contribution < 1.29 is 14.3 Å². The molecule has 6 nitrogen and oxygen atoms in total. The van der Waals surface area contributed by atoms with E-state index in [0.29, 0.717) is 19.8 Å². The molecule has 0 bridgehead atoms. The number of nitrogens with one attached hydrogen (secondary N) is 1. The molecule has 1 aliphatic rings. The van der Waals surface area contributed by atoms with Crippen molar-refractivity contribution in [3.63, 3.8) is 0 Å². The predicted molar refractivity (Wildman–Crippen MR) is 121 cm³/mol. The number of aromatic nitrogens is 1. The molecular weight excluding hydrogens is 390 g/mol. The molecular formula is C25H29N3O3. The summed E-state index contributed by atoms with van der Waals surface area (Å²) in [4.78, 5) is 18.8. The summed E-state index contributed by atoms with van der Waals surface area (Å²) in [5.74, 6) is 0.767. The lowest BCUT2D eigenvalue weighted by atomic mass is 10.1. The van der Waals surface area contributed by atoms with E-state index in [2.05, 4.69) is 58.6 Å². The van der Waals surface area contributed by atoms with Crippen LogP contribution in [0.5, 0.6) is 5.75 Å². The highest BCUT2D eigenvalue weighted by Crippen LogP contribution is 2.19. The molecule has 0 spiro atoms. The molecule has 0 radical (unpaired) electrons. The van der Waals surface area contributed by atoms with Crippen molar-refractivity contribution in [2.75, 3.05) is 26.8 Å². The standard InChI is InChI=1S/C25H29N3O3/c1-28(18-21-8-3-7-20-9-4-12-26-24(20)21)17-19-6-2-10-22(16-19)30-15-13-27-25(29)23-11-5-14-31-23/h2-4,6-10,12,16,23H,5,11,13-15,17-18H2,1H3,(H,27,29).